The van der Waals surface area contributed by atoms with Gasteiger partial charge in [-0.1, -0.05) is 25.0 Å². The van der Waals surface area contributed by atoms with Crippen molar-refractivity contribution in [3.8, 4) is 11.8 Å². The zero-order valence-corrected chi connectivity index (χ0v) is 18.2. The van der Waals surface area contributed by atoms with E-state index in [4.69, 9.17) is 9.47 Å². The van der Waals surface area contributed by atoms with Crippen LogP contribution in [0.25, 0.3) is 0 Å². The van der Waals surface area contributed by atoms with E-state index < -0.39 is 11.3 Å². The number of nitriles is 1. The van der Waals surface area contributed by atoms with Crippen LogP contribution in [-0.2, 0) is 16.1 Å². The maximum absolute atomic E-state index is 13.2. The zero-order valence-electron chi connectivity index (χ0n) is 18.2. The lowest BCUT2D eigenvalue weighted by Gasteiger charge is -2.20. The number of rotatable bonds is 8. The average Bonchev–Trinajstić information content (AvgIpc) is 3.11. The average molecular weight is 437 g/mol. The van der Waals surface area contributed by atoms with Gasteiger partial charge in [0.1, 0.15) is 17.4 Å². The van der Waals surface area contributed by atoms with Crippen molar-refractivity contribution in [2.75, 3.05) is 33.4 Å². The first-order valence-corrected chi connectivity index (χ1v) is 10.7. The highest BCUT2D eigenvalue weighted by Crippen LogP contribution is 2.22. The molecular weight excluding hydrogens is 410 g/mol. The lowest BCUT2D eigenvalue weighted by Crippen LogP contribution is -2.35. The molecule has 32 heavy (non-hydrogen) atoms. The molecule has 2 aromatic rings. The summed E-state index contributed by atoms with van der Waals surface area (Å²) in [6.07, 6.45) is 5.64. The van der Waals surface area contributed by atoms with Gasteiger partial charge in [0, 0.05) is 38.5 Å². The predicted molar refractivity (Wildman–Crippen MR) is 118 cm³/mol. The van der Waals surface area contributed by atoms with E-state index in [1.165, 1.54) is 23.9 Å². The van der Waals surface area contributed by atoms with Gasteiger partial charge in [0.25, 0.3) is 11.5 Å². The highest BCUT2D eigenvalue weighted by atomic mass is 16.5. The fourth-order valence-electron chi connectivity index (χ4n) is 3.68. The number of hydrogen-bond donors (Lipinski definition) is 0. The molecule has 0 bridgehead atoms. The van der Waals surface area contributed by atoms with Crippen molar-refractivity contribution in [1.82, 2.24) is 9.47 Å². The molecule has 0 unspecified atom stereocenters. The fraction of sp³-hybridized carbons (Fsp3) is 0.417. The maximum atomic E-state index is 13.2. The van der Waals surface area contributed by atoms with E-state index in [9.17, 15) is 19.6 Å². The van der Waals surface area contributed by atoms with Crippen molar-refractivity contribution in [3.05, 3.63) is 63.6 Å². The summed E-state index contributed by atoms with van der Waals surface area (Å²) in [5, 5.41) is 9.32. The number of pyridine rings is 1. The van der Waals surface area contributed by atoms with Gasteiger partial charge in [-0.2, -0.15) is 5.26 Å². The van der Waals surface area contributed by atoms with Crippen LogP contribution in [0.15, 0.2) is 41.3 Å². The highest BCUT2D eigenvalue weighted by molar-refractivity contribution is 6.10. The van der Waals surface area contributed by atoms with Gasteiger partial charge in [-0.3, -0.25) is 14.4 Å². The van der Waals surface area contributed by atoms with Gasteiger partial charge in [0.15, 0.2) is 12.4 Å². The van der Waals surface area contributed by atoms with Crippen molar-refractivity contribution in [1.29, 1.82) is 5.26 Å². The molecule has 8 heteroatoms. The third kappa shape index (κ3) is 5.62. The number of ether oxygens (including phenoxy) is 2. The number of amides is 1. The minimum absolute atomic E-state index is 0.103. The summed E-state index contributed by atoms with van der Waals surface area (Å²) in [4.78, 5) is 40.0. The molecule has 1 saturated heterocycles. The molecule has 1 fully saturated rings. The van der Waals surface area contributed by atoms with Crippen LogP contribution in [0, 0.1) is 11.3 Å². The first-order chi connectivity index (χ1) is 15.5. The van der Waals surface area contributed by atoms with Gasteiger partial charge in [0.05, 0.1) is 12.2 Å². The summed E-state index contributed by atoms with van der Waals surface area (Å²) >= 11 is 0. The SMILES string of the molecule is COCCn1cc(C(=O)c2ccccc2OCC(=O)N2CCCCCC2)cc(C#N)c1=O. The van der Waals surface area contributed by atoms with Gasteiger partial charge in [-0.05, 0) is 31.0 Å². The third-order valence-electron chi connectivity index (χ3n) is 5.45. The van der Waals surface area contributed by atoms with Gasteiger partial charge < -0.3 is 18.9 Å². The molecule has 2 heterocycles. The Morgan fingerprint density at radius 1 is 1.12 bits per heavy atom. The topological polar surface area (TPSA) is 102 Å². The number of para-hydroxylation sites is 1. The fourth-order valence-corrected chi connectivity index (χ4v) is 3.68. The Bertz CT molecular complexity index is 1060. The largest absolute Gasteiger partial charge is 0.483 e. The molecule has 0 spiro atoms. The van der Waals surface area contributed by atoms with Crippen LogP contribution in [-0.4, -0.2) is 54.6 Å². The van der Waals surface area contributed by atoms with E-state index in [-0.39, 0.29) is 48.1 Å². The van der Waals surface area contributed by atoms with Crippen LogP contribution < -0.4 is 10.3 Å². The van der Waals surface area contributed by atoms with Crippen LogP contribution >= 0.6 is 0 Å². The van der Waals surface area contributed by atoms with E-state index in [0.717, 1.165) is 38.8 Å². The van der Waals surface area contributed by atoms with Gasteiger partial charge in [-0.15, -0.1) is 0 Å². The molecule has 1 aromatic carbocycles. The number of nitrogens with zero attached hydrogens (tertiary/aromatic N) is 3. The molecule has 0 saturated carbocycles. The van der Waals surface area contributed by atoms with Crippen LogP contribution in [0.2, 0.25) is 0 Å². The molecule has 1 aliphatic heterocycles. The quantitative estimate of drug-likeness (QED) is 0.588. The molecule has 1 amide bonds. The summed E-state index contributed by atoms with van der Waals surface area (Å²) in [5.41, 5.74) is -0.153. The molecule has 168 valence electrons. The minimum Gasteiger partial charge on any atom is -0.483 e. The summed E-state index contributed by atoms with van der Waals surface area (Å²) in [5.74, 6) is -0.214. The van der Waals surface area contributed by atoms with E-state index in [1.807, 2.05) is 11.0 Å². The first kappa shape index (κ1) is 23.2. The summed E-state index contributed by atoms with van der Waals surface area (Å²) < 4.78 is 12.0. The minimum atomic E-state index is -0.478. The Kier molecular flexibility index (Phi) is 8.17. The number of likely N-dealkylation sites (tertiary alicyclic amines) is 1. The molecule has 3 rings (SSSR count). The normalized spacial score (nSPS) is 13.8. The molecular formula is C24H27N3O5. The Hall–Kier alpha value is -3.44. The van der Waals surface area contributed by atoms with E-state index in [2.05, 4.69) is 0 Å². The number of methoxy groups -OCH3 is 1. The standard InChI is InChI=1S/C24H27N3O5/c1-31-13-12-27-16-19(14-18(15-25)24(27)30)23(29)20-8-4-5-9-21(20)32-17-22(28)26-10-6-2-3-7-11-26/h4-5,8-9,14,16H,2-3,6-7,10-13,17H2,1H3. The number of ketones is 1. The Balaban J connectivity index is 1.82. The first-order valence-electron chi connectivity index (χ1n) is 10.7. The molecule has 0 aliphatic carbocycles. The van der Waals surface area contributed by atoms with Crippen molar-refractivity contribution >= 4 is 11.7 Å². The summed E-state index contributed by atoms with van der Waals surface area (Å²) in [6.45, 7) is 1.78. The molecule has 8 nitrogen and oxygen atoms in total. The number of carbonyl (C=O) groups is 2. The number of aromatic nitrogens is 1. The maximum Gasteiger partial charge on any atom is 0.268 e. The smallest absolute Gasteiger partial charge is 0.268 e. The second kappa shape index (κ2) is 11.3. The van der Waals surface area contributed by atoms with Crippen LogP contribution in [0.1, 0.15) is 47.2 Å². The van der Waals surface area contributed by atoms with Crippen LogP contribution in [0.5, 0.6) is 5.75 Å². The monoisotopic (exact) mass is 437 g/mol. The van der Waals surface area contributed by atoms with Gasteiger partial charge >= 0.3 is 0 Å². The Morgan fingerprint density at radius 2 is 1.84 bits per heavy atom. The molecule has 1 aliphatic rings. The predicted octanol–water partition coefficient (Wildman–Crippen LogP) is 2.38. The van der Waals surface area contributed by atoms with Crippen LogP contribution in [0.4, 0.5) is 0 Å². The Morgan fingerprint density at radius 3 is 2.53 bits per heavy atom. The number of carbonyl (C=O) groups excluding carboxylic acids is 2. The van der Waals surface area contributed by atoms with E-state index in [0.29, 0.717) is 0 Å². The zero-order chi connectivity index (χ0) is 22.9. The molecule has 0 N–H and O–H groups in total. The lowest BCUT2D eigenvalue weighted by atomic mass is 10.0. The highest BCUT2D eigenvalue weighted by Gasteiger charge is 2.20. The molecule has 1 aromatic heterocycles. The third-order valence-corrected chi connectivity index (χ3v) is 5.45. The van der Waals surface area contributed by atoms with Crippen molar-refractivity contribution in [2.45, 2.75) is 32.2 Å². The van der Waals surface area contributed by atoms with E-state index >= 15 is 0 Å². The van der Waals surface area contributed by atoms with Crippen molar-refractivity contribution in [2.24, 2.45) is 0 Å². The second-order valence-corrected chi connectivity index (χ2v) is 7.65. The number of benzene rings is 1. The lowest BCUT2D eigenvalue weighted by molar-refractivity contribution is -0.133. The second-order valence-electron chi connectivity index (χ2n) is 7.65. The summed E-state index contributed by atoms with van der Waals surface area (Å²) in [6, 6.07) is 9.79. The van der Waals surface area contributed by atoms with E-state index in [1.54, 1.807) is 24.3 Å². The summed E-state index contributed by atoms with van der Waals surface area (Å²) in [7, 11) is 1.51. The molecule has 0 radical (unpaired) electrons. The Labute approximate surface area is 187 Å². The van der Waals surface area contributed by atoms with Crippen molar-refractivity contribution in [3.63, 3.8) is 0 Å². The molecule has 0 atom stereocenters. The van der Waals surface area contributed by atoms with Crippen molar-refractivity contribution < 1.29 is 19.1 Å². The van der Waals surface area contributed by atoms with Gasteiger partial charge in [0.2, 0.25) is 0 Å². The number of hydrogen-bond acceptors (Lipinski definition) is 6. The van der Waals surface area contributed by atoms with Crippen LogP contribution in [0.3, 0.4) is 0 Å². The van der Waals surface area contributed by atoms with Gasteiger partial charge in [-0.25, -0.2) is 0 Å².